The molecule has 2 heterocycles. The number of aliphatic imine (C=N–C) groups is 1. The Hall–Kier alpha value is -3.34. The van der Waals surface area contributed by atoms with Crippen LogP contribution in [0.3, 0.4) is 0 Å². The van der Waals surface area contributed by atoms with Crippen molar-refractivity contribution in [3.63, 3.8) is 0 Å². The highest BCUT2D eigenvalue weighted by Gasteiger charge is 2.21. The van der Waals surface area contributed by atoms with E-state index >= 15 is 0 Å². The molecule has 0 bridgehead atoms. The lowest BCUT2D eigenvalue weighted by Gasteiger charge is -1.97. The molecule has 5 nitrogen and oxygen atoms in total. The van der Waals surface area contributed by atoms with Gasteiger partial charge in [-0.15, -0.1) is 0 Å². The normalized spacial score (nSPS) is 17.4. The molecule has 2 aromatic rings. The third-order valence-corrected chi connectivity index (χ3v) is 3.55. The van der Waals surface area contributed by atoms with Gasteiger partial charge < -0.3 is 14.2 Å². The Balaban J connectivity index is 1.56. The summed E-state index contributed by atoms with van der Waals surface area (Å²) in [6.07, 6.45) is 5.18. The molecule has 5 heteroatoms. The third kappa shape index (κ3) is 2.92. The monoisotopic (exact) mass is 319 g/mol. The Morgan fingerprint density at radius 2 is 1.75 bits per heavy atom. The zero-order chi connectivity index (χ0) is 16.4. The van der Waals surface area contributed by atoms with E-state index in [1.165, 1.54) is 0 Å². The lowest BCUT2D eigenvalue weighted by Crippen LogP contribution is -2.01. The first-order valence-electron chi connectivity index (χ1n) is 7.43. The lowest BCUT2D eigenvalue weighted by atomic mass is 10.1. The Kier molecular flexibility index (Phi) is 3.59. The Labute approximate surface area is 138 Å². The molecule has 0 radical (unpaired) electrons. The van der Waals surface area contributed by atoms with Crippen molar-refractivity contribution in [3.8, 4) is 11.5 Å². The average molecular weight is 319 g/mol. The molecular formula is C19H13NO4. The smallest absolute Gasteiger partial charge is 0.363 e. The largest absolute Gasteiger partial charge is 0.454 e. The number of cyclic esters (lactones) is 1. The fourth-order valence-corrected chi connectivity index (χ4v) is 2.39. The topological polar surface area (TPSA) is 57.1 Å². The van der Waals surface area contributed by atoms with E-state index in [1.54, 1.807) is 24.3 Å². The number of nitrogens with zero attached hydrogens (tertiary/aromatic N) is 1. The van der Waals surface area contributed by atoms with Gasteiger partial charge in [0.05, 0.1) is 0 Å². The standard InChI is InChI=1S/C19H13NO4/c21-19-15(10-14-6-8-16-17(11-14)23-12-22-16)20-18(24-19)9-7-13-4-2-1-3-5-13/h1-11H,12H2/b9-7-,15-10+. The summed E-state index contributed by atoms with van der Waals surface area (Å²) in [5.74, 6) is 1.15. The summed E-state index contributed by atoms with van der Waals surface area (Å²) in [5, 5.41) is 0. The van der Waals surface area contributed by atoms with Crippen LogP contribution < -0.4 is 9.47 Å². The predicted molar refractivity (Wildman–Crippen MR) is 89.5 cm³/mol. The van der Waals surface area contributed by atoms with Gasteiger partial charge in [0.1, 0.15) is 0 Å². The van der Waals surface area contributed by atoms with Crippen molar-refractivity contribution in [2.75, 3.05) is 6.79 Å². The molecule has 0 spiro atoms. The van der Waals surface area contributed by atoms with Crippen LogP contribution in [0.5, 0.6) is 11.5 Å². The van der Waals surface area contributed by atoms with Crippen molar-refractivity contribution < 1.29 is 19.0 Å². The van der Waals surface area contributed by atoms with E-state index < -0.39 is 5.97 Å². The maximum absolute atomic E-state index is 11.9. The minimum absolute atomic E-state index is 0.212. The lowest BCUT2D eigenvalue weighted by molar-refractivity contribution is -0.129. The first-order chi connectivity index (χ1) is 11.8. The van der Waals surface area contributed by atoms with Gasteiger partial charge in [-0.25, -0.2) is 9.79 Å². The molecule has 4 rings (SSSR count). The molecule has 0 N–H and O–H groups in total. The number of benzene rings is 2. The molecule has 0 aliphatic carbocycles. The second-order valence-corrected chi connectivity index (χ2v) is 5.23. The fourth-order valence-electron chi connectivity index (χ4n) is 2.39. The molecule has 2 aliphatic heterocycles. The number of carbonyl (C=O) groups is 1. The summed E-state index contributed by atoms with van der Waals surface area (Å²) in [4.78, 5) is 16.2. The van der Waals surface area contributed by atoms with E-state index in [0.717, 1.165) is 11.1 Å². The predicted octanol–water partition coefficient (Wildman–Crippen LogP) is 3.42. The first-order valence-corrected chi connectivity index (χ1v) is 7.43. The van der Waals surface area contributed by atoms with E-state index in [0.29, 0.717) is 11.5 Å². The summed E-state index contributed by atoms with van der Waals surface area (Å²) < 4.78 is 15.7. The quantitative estimate of drug-likeness (QED) is 0.642. The van der Waals surface area contributed by atoms with Gasteiger partial charge in [-0.3, -0.25) is 0 Å². The second kappa shape index (κ2) is 6.04. The highest BCUT2D eigenvalue weighted by atomic mass is 16.7. The summed E-state index contributed by atoms with van der Waals surface area (Å²) >= 11 is 0. The van der Waals surface area contributed by atoms with Gasteiger partial charge in [-0.1, -0.05) is 36.4 Å². The van der Waals surface area contributed by atoms with Crippen molar-refractivity contribution in [2.24, 2.45) is 4.99 Å². The van der Waals surface area contributed by atoms with Crippen LogP contribution in [-0.4, -0.2) is 18.7 Å². The van der Waals surface area contributed by atoms with Crippen molar-refractivity contribution in [1.29, 1.82) is 0 Å². The highest BCUT2D eigenvalue weighted by molar-refractivity contribution is 6.11. The first kappa shape index (κ1) is 14.3. The molecule has 2 aliphatic rings. The molecule has 0 unspecified atom stereocenters. The minimum atomic E-state index is -0.472. The van der Waals surface area contributed by atoms with E-state index in [2.05, 4.69) is 4.99 Å². The van der Waals surface area contributed by atoms with Crippen LogP contribution in [0.2, 0.25) is 0 Å². The molecule has 118 valence electrons. The Morgan fingerprint density at radius 3 is 2.62 bits per heavy atom. The SMILES string of the molecule is O=C1OC(/C=C\c2ccccc2)=NC/1=C/c1ccc2c(c1)OCO2. The number of hydrogen-bond acceptors (Lipinski definition) is 5. The summed E-state index contributed by atoms with van der Waals surface area (Å²) in [6, 6.07) is 15.2. The summed E-state index contributed by atoms with van der Waals surface area (Å²) in [6.45, 7) is 0.212. The van der Waals surface area contributed by atoms with Crippen LogP contribution in [0.25, 0.3) is 12.2 Å². The number of fused-ring (bicyclic) bond motifs is 1. The second-order valence-electron chi connectivity index (χ2n) is 5.23. The van der Waals surface area contributed by atoms with E-state index in [1.807, 2.05) is 42.5 Å². The molecule has 0 aromatic heterocycles. The number of hydrogen-bond donors (Lipinski definition) is 0. The van der Waals surface area contributed by atoms with Gasteiger partial charge >= 0.3 is 5.97 Å². The number of ether oxygens (including phenoxy) is 3. The van der Waals surface area contributed by atoms with Crippen LogP contribution in [0.4, 0.5) is 0 Å². The average Bonchev–Trinajstić information content (AvgIpc) is 3.20. The van der Waals surface area contributed by atoms with Gasteiger partial charge in [0.2, 0.25) is 12.7 Å². The highest BCUT2D eigenvalue weighted by Crippen LogP contribution is 2.33. The molecule has 24 heavy (non-hydrogen) atoms. The number of rotatable bonds is 3. The van der Waals surface area contributed by atoms with E-state index in [-0.39, 0.29) is 18.4 Å². The van der Waals surface area contributed by atoms with Gasteiger partial charge in [0.25, 0.3) is 0 Å². The third-order valence-electron chi connectivity index (χ3n) is 3.55. The van der Waals surface area contributed by atoms with Crippen molar-refractivity contribution in [3.05, 3.63) is 71.4 Å². The van der Waals surface area contributed by atoms with E-state index in [4.69, 9.17) is 14.2 Å². The molecular weight excluding hydrogens is 306 g/mol. The molecule has 2 aromatic carbocycles. The van der Waals surface area contributed by atoms with Gasteiger partial charge in [0, 0.05) is 6.08 Å². The van der Waals surface area contributed by atoms with Crippen LogP contribution in [0.1, 0.15) is 11.1 Å². The van der Waals surface area contributed by atoms with Gasteiger partial charge in [0.15, 0.2) is 17.2 Å². The van der Waals surface area contributed by atoms with Crippen LogP contribution in [-0.2, 0) is 9.53 Å². The molecule has 0 atom stereocenters. The van der Waals surface area contributed by atoms with E-state index in [9.17, 15) is 4.79 Å². The Bertz CT molecular complexity index is 881. The number of carbonyl (C=O) groups excluding carboxylic acids is 1. The summed E-state index contributed by atoms with van der Waals surface area (Å²) in [5.41, 5.74) is 2.05. The maximum atomic E-state index is 11.9. The van der Waals surface area contributed by atoms with Crippen molar-refractivity contribution >= 4 is 24.0 Å². The van der Waals surface area contributed by atoms with Gasteiger partial charge in [-0.05, 0) is 35.4 Å². The van der Waals surface area contributed by atoms with Crippen LogP contribution in [0, 0.1) is 0 Å². The van der Waals surface area contributed by atoms with Crippen molar-refractivity contribution in [2.45, 2.75) is 0 Å². The van der Waals surface area contributed by atoms with Crippen molar-refractivity contribution in [1.82, 2.24) is 0 Å². The molecule has 0 fully saturated rings. The molecule has 0 saturated carbocycles. The molecule has 0 amide bonds. The Morgan fingerprint density at radius 1 is 0.917 bits per heavy atom. The van der Waals surface area contributed by atoms with Crippen LogP contribution in [0.15, 0.2) is 65.3 Å². The summed E-state index contributed by atoms with van der Waals surface area (Å²) in [7, 11) is 0. The minimum Gasteiger partial charge on any atom is -0.454 e. The maximum Gasteiger partial charge on any atom is 0.363 e. The van der Waals surface area contributed by atoms with Gasteiger partial charge in [-0.2, -0.15) is 0 Å². The fraction of sp³-hybridized carbons (Fsp3) is 0.0526. The number of esters is 1. The molecule has 0 saturated heterocycles. The van der Waals surface area contributed by atoms with Crippen LogP contribution >= 0.6 is 0 Å². The zero-order valence-corrected chi connectivity index (χ0v) is 12.6. The zero-order valence-electron chi connectivity index (χ0n) is 12.6.